The zero-order valence-corrected chi connectivity index (χ0v) is 16.4. The van der Waals surface area contributed by atoms with E-state index in [0.29, 0.717) is 29.6 Å². The van der Waals surface area contributed by atoms with E-state index in [4.69, 9.17) is 21.1 Å². The van der Waals surface area contributed by atoms with Crippen molar-refractivity contribution in [1.29, 1.82) is 0 Å². The molecule has 0 atom stereocenters. The molecule has 1 saturated heterocycles. The second-order valence-corrected chi connectivity index (χ2v) is 6.97. The molecular weight excluding hydrogens is 362 g/mol. The van der Waals surface area contributed by atoms with Crippen LogP contribution >= 0.6 is 11.6 Å². The number of carbonyl (C=O) groups is 1. The second kappa shape index (κ2) is 8.42. The van der Waals surface area contributed by atoms with Crippen LogP contribution in [0.25, 0.3) is 12.2 Å². The van der Waals surface area contributed by atoms with Crippen molar-refractivity contribution in [2.75, 3.05) is 34.4 Å². The van der Waals surface area contributed by atoms with Crippen LogP contribution < -0.4 is 9.47 Å². The fourth-order valence-electron chi connectivity index (χ4n) is 3.08. The Hall–Kier alpha value is -2.56. The largest absolute Gasteiger partial charge is 0.497 e. The highest BCUT2D eigenvalue weighted by Crippen LogP contribution is 2.26. The zero-order chi connectivity index (χ0) is 19.4. The minimum absolute atomic E-state index is 0.0600. The molecule has 0 amide bonds. The summed E-state index contributed by atoms with van der Waals surface area (Å²) < 4.78 is 10.6. The number of benzene rings is 2. The van der Waals surface area contributed by atoms with Gasteiger partial charge in [-0.3, -0.25) is 9.69 Å². The Balaban J connectivity index is 1.94. The maximum absolute atomic E-state index is 13.0. The molecule has 0 aromatic heterocycles. The molecule has 3 rings (SSSR count). The molecule has 1 heterocycles. The van der Waals surface area contributed by atoms with E-state index in [1.807, 2.05) is 61.7 Å². The number of carbonyl (C=O) groups excluding carboxylic acids is 1. The Labute approximate surface area is 164 Å². The lowest BCUT2D eigenvalue weighted by Crippen LogP contribution is -2.34. The lowest BCUT2D eigenvalue weighted by Gasteiger charge is -2.26. The first-order valence-electron chi connectivity index (χ1n) is 8.61. The molecular formula is C22H22ClNO3. The highest BCUT2D eigenvalue weighted by atomic mass is 35.5. The highest BCUT2D eigenvalue weighted by molar-refractivity contribution is 6.30. The van der Waals surface area contributed by atoms with E-state index < -0.39 is 0 Å². The number of halogens is 1. The number of Topliss-reactive ketones (excluding diaryl/α,β-unsaturated/α-hetero) is 1. The van der Waals surface area contributed by atoms with Gasteiger partial charge in [0.05, 0.1) is 14.2 Å². The lowest BCUT2D eigenvalue weighted by atomic mass is 9.94. The quantitative estimate of drug-likeness (QED) is 0.736. The summed E-state index contributed by atoms with van der Waals surface area (Å²) in [5.41, 5.74) is 3.32. The predicted octanol–water partition coefficient (Wildman–Crippen LogP) is 4.34. The van der Waals surface area contributed by atoms with Gasteiger partial charge in [-0.15, -0.1) is 0 Å². The van der Waals surface area contributed by atoms with E-state index in [9.17, 15) is 4.79 Å². The van der Waals surface area contributed by atoms with Crippen LogP contribution in [0, 0.1) is 0 Å². The molecule has 0 N–H and O–H groups in total. The van der Waals surface area contributed by atoms with Crippen LogP contribution in [0.15, 0.2) is 53.6 Å². The number of methoxy groups -OCH3 is 2. The minimum Gasteiger partial charge on any atom is -0.497 e. The summed E-state index contributed by atoms with van der Waals surface area (Å²) in [6.45, 7) is 1.20. The fraction of sp³-hybridized carbons (Fsp3) is 0.227. The topological polar surface area (TPSA) is 38.8 Å². The SMILES string of the molecule is COc1cc(/C=C2\CN(C)C/C(=C\c3ccc(Cl)cc3)C2=O)cc(OC)c1. The third-order valence-electron chi connectivity index (χ3n) is 4.39. The first-order valence-corrected chi connectivity index (χ1v) is 8.99. The van der Waals surface area contributed by atoms with Crippen molar-refractivity contribution in [1.82, 2.24) is 4.90 Å². The molecule has 140 valence electrons. The van der Waals surface area contributed by atoms with Crippen molar-refractivity contribution >= 4 is 29.5 Å². The van der Waals surface area contributed by atoms with Crippen molar-refractivity contribution in [3.05, 3.63) is 69.8 Å². The van der Waals surface area contributed by atoms with Gasteiger partial charge in [0.2, 0.25) is 0 Å². The van der Waals surface area contributed by atoms with Gasteiger partial charge in [-0.05, 0) is 54.6 Å². The number of rotatable bonds is 4. The number of likely N-dealkylation sites (N-methyl/N-ethyl adjacent to an activating group) is 1. The lowest BCUT2D eigenvalue weighted by molar-refractivity contribution is -0.113. The Morgan fingerprint density at radius 2 is 1.41 bits per heavy atom. The van der Waals surface area contributed by atoms with Crippen LogP contribution in [-0.4, -0.2) is 45.0 Å². The fourth-order valence-corrected chi connectivity index (χ4v) is 3.21. The molecule has 0 spiro atoms. The monoisotopic (exact) mass is 383 g/mol. The molecule has 1 aliphatic heterocycles. The number of hydrogen-bond acceptors (Lipinski definition) is 4. The molecule has 5 heteroatoms. The van der Waals surface area contributed by atoms with Crippen molar-refractivity contribution in [3.63, 3.8) is 0 Å². The summed E-state index contributed by atoms with van der Waals surface area (Å²) in [6, 6.07) is 13.1. The molecule has 0 aliphatic carbocycles. The maximum Gasteiger partial charge on any atom is 0.187 e. The molecule has 27 heavy (non-hydrogen) atoms. The normalized spacial score (nSPS) is 18.1. The molecule has 1 fully saturated rings. The van der Waals surface area contributed by atoms with Gasteiger partial charge in [-0.25, -0.2) is 0 Å². The number of hydrogen-bond donors (Lipinski definition) is 0. The summed E-state index contributed by atoms with van der Waals surface area (Å²) in [5.74, 6) is 1.44. The van der Waals surface area contributed by atoms with Gasteiger partial charge >= 0.3 is 0 Å². The summed E-state index contributed by atoms with van der Waals surface area (Å²) >= 11 is 5.94. The van der Waals surface area contributed by atoms with Gasteiger partial charge in [-0.1, -0.05) is 23.7 Å². The number of ketones is 1. The number of piperidine rings is 1. The smallest absolute Gasteiger partial charge is 0.187 e. The molecule has 0 radical (unpaired) electrons. The summed E-state index contributed by atoms with van der Waals surface area (Å²) in [5, 5.41) is 0.678. The molecule has 4 nitrogen and oxygen atoms in total. The third-order valence-corrected chi connectivity index (χ3v) is 4.64. The van der Waals surface area contributed by atoms with E-state index in [-0.39, 0.29) is 5.78 Å². The van der Waals surface area contributed by atoms with Crippen LogP contribution in [0.4, 0.5) is 0 Å². The molecule has 1 aliphatic rings. The van der Waals surface area contributed by atoms with E-state index in [1.54, 1.807) is 14.2 Å². The van der Waals surface area contributed by atoms with Gasteiger partial charge in [0.25, 0.3) is 0 Å². The molecule has 0 bridgehead atoms. The second-order valence-electron chi connectivity index (χ2n) is 6.54. The van der Waals surface area contributed by atoms with Crippen LogP contribution in [0.3, 0.4) is 0 Å². The number of likely N-dealkylation sites (tertiary alicyclic amines) is 1. The van der Waals surface area contributed by atoms with Gasteiger partial charge in [0.1, 0.15) is 11.5 Å². The average molecular weight is 384 g/mol. The minimum atomic E-state index is 0.0600. The molecule has 0 unspecified atom stereocenters. The van der Waals surface area contributed by atoms with E-state index in [2.05, 4.69) is 4.90 Å². The maximum atomic E-state index is 13.0. The van der Waals surface area contributed by atoms with E-state index >= 15 is 0 Å². The number of nitrogens with zero attached hydrogens (tertiary/aromatic N) is 1. The van der Waals surface area contributed by atoms with Crippen molar-refractivity contribution in [2.45, 2.75) is 0 Å². The van der Waals surface area contributed by atoms with Gasteiger partial charge < -0.3 is 9.47 Å². The van der Waals surface area contributed by atoms with Gasteiger partial charge in [0.15, 0.2) is 5.78 Å². The Morgan fingerprint density at radius 3 is 1.93 bits per heavy atom. The van der Waals surface area contributed by atoms with Crippen LogP contribution in [0.5, 0.6) is 11.5 Å². The van der Waals surface area contributed by atoms with Crippen molar-refractivity contribution in [2.24, 2.45) is 0 Å². The van der Waals surface area contributed by atoms with Crippen LogP contribution in [0.1, 0.15) is 11.1 Å². The zero-order valence-electron chi connectivity index (χ0n) is 15.7. The molecule has 2 aromatic rings. The van der Waals surface area contributed by atoms with Crippen molar-refractivity contribution < 1.29 is 14.3 Å². The number of ether oxygens (including phenoxy) is 2. The third kappa shape index (κ3) is 4.79. The predicted molar refractivity (Wildman–Crippen MR) is 109 cm³/mol. The molecule has 0 saturated carbocycles. The van der Waals surface area contributed by atoms with Crippen LogP contribution in [0.2, 0.25) is 5.02 Å². The van der Waals surface area contributed by atoms with Crippen molar-refractivity contribution in [3.8, 4) is 11.5 Å². The first-order chi connectivity index (χ1) is 13.0. The Morgan fingerprint density at radius 1 is 0.889 bits per heavy atom. The standard InChI is InChI=1S/C22H22ClNO3/c1-24-13-17(8-15-4-6-19(23)7-5-15)22(25)18(14-24)9-16-10-20(26-2)12-21(11-16)27-3/h4-12H,13-14H2,1-3H3/b17-8+,18-9+. The summed E-state index contributed by atoms with van der Waals surface area (Å²) in [6.07, 6.45) is 3.83. The van der Waals surface area contributed by atoms with Gasteiger partial charge in [-0.2, -0.15) is 0 Å². The average Bonchev–Trinajstić information content (AvgIpc) is 2.66. The van der Waals surface area contributed by atoms with E-state index in [1.165, 1.54) is 0 Å². The Kier molecular flexibility index (Phi) is 5.99. The summed E-state index contributed by atoms with van der Waals surface area (Å²) in [7, 11) is 5.22. The summed E-state index contributed by atoms with van der Waals surface area (Å²) in [4.78, 5) is 15.1. The highest BCUT2D eigenvalue weighted by Gasteiger charge is 2.24. The first kappa shape index (κ1) is 19.2. The van der Waals surface area contributed by atoms with E-state index in [0.717, 1.165) is 22.3 Å². The molecule has 2 aromatic carbocycles. The van der Waals surface area contributed by atoms with Gasteiger partial charge in [0, 0.05) is 35.3 Å². The Bertz CT molecular complexity index is 878. The van der Waals surface area contributed by atoms with Crippen LogP contribution in [-0.2, 0) is 4.79 Å².